The van der Waals surface area contributed by atoms with Crippen molar-refractivity contribution in [2.45, 2.75) is 45.6 Å². The van der Waals surface area contributed by atoms with E-state index in [1.165, 1.54) is 55.3 Å². The van der Waals surface area contributed by atoms with Crippen molar-refractivity contribution in [3.8, 4) is 11.1 Å². The first-order chi connectivity index (χ1) is 16.7. The molecule has 0 bridgehead atoms. The minimum atomic E-state index is 0.549. The summed E-state index contributed by atoms with van der Waals surface area (Å²) in [4.78, 5) is 16.2. The largest absolute Gasteiger partial charge is 0.356 e. The van der Waals surface area contributed by atoms with Crippen LogP contribution >= 0.6 is 11.3 Å². The topological polar surface area (TPSA) is 56.3 Å². The van der Waals surface area contributed by atoms with E-state index in [-0.39, 0.29) is 0 Å². The van der Waals surface area contributed by atoms with Gasteiger partial charge in [0.05, 0.1) is 5.39 Å². The van der Waals surface area contributed by atoms with Crippen molar-refractivity contribution in [1.82, 2.24) is 20.2 Å². The number of piperidine rings is 1. The molecule has 2 N–H and O–H groups in total. The van der Waals surface area contributed by atoms with Crippen LogP contribution in [0.15, 0.2) is 35.7 Å². The van der Waals surface area contributed by atoms with E-state index in [1.54, 1.807) is 11.3 Å². The fourth-order valence-electron chi connectivity index (χ4n) is 5.14. The van der Waals surface area contributed by atoms with Crippen LogP contribution in [-0.4, -0.2) is 66.7 Å². The molecule has 34 heavy (non-hydrogen) atoms. The van der Waals surface area contributed by atoms with E-state index in [0.29, 0.717) is 6.04 Å². The molecule has 7 heteroatoms. The minimum absolute atomic E-state index is 0.549. The molecule has 4 heterocycles. The molecule has 1 aromatic carbocycles. The maximum Gasteiger partial charge on any atom is 0.226 e. The molecule has 0 aliphatic carbocycles. The number of fused-ring (bicyclic) bond motifs is 1. The van der Waals surface area contributed by atoms with E-state index in [4.69, 9.17) is 9.97 Å². The molecule has 2 aliphatic heterocycles. The monoisotopic (exact) mass is 478 g/mol. The highest BCUT2D eigenvalue weighted by atomic mass is 32.1. The van der Waals surface area contributed by atoms with Crippen molar-refractivity contribution >= 4 is 33.3 Å². The van der Waals surface area contributed by atoms with Gasteiger partial charge >= 0.3 is 0 Å². The summed E-state index contributed by atoms with van der Waals surface area (Å²) in [7, 11) is 0. The van der Waals surface area contributed by atoms with Crippen LogP contribution in [0.3, 0.4) is 0 Å². The number of hydrogen-bond donors (Lipinski definition) is 2. The van der Waals surface area contributed by atoms with Crippen molar-refractivity contribution in [2.75, 3.05) is 56.0 Å². The molecule has 6 nitrogen and oxygen atoms in total. The summed E-state index contributed by atoms with van der Waals surface area (Å²) in [6, 6.07) is 11.2. The number of nitrogens with zero attached hydrogens (tertiary/aromatic N) is 4. The zero-order chi connectivity index (χ0) is 23.3. The van der Waals surface area contributed by atoms with Crippen LogP contribution in [-0.2, 0) is 0 Å². The number of nitrogens with one attached hydrogen (secondary N) is 2. The average molecular weight is 479 g/mol. The first-order valence-corrected chi connectivity index (χ1v) is 13.8. The highest BCUT2D eigenvalue weighted by molar-refractivity contribution is 7.17. The molecule has 182 valence electrons. The smallest absolute Gasteiger partial charge is 0.226 e. The Hall–Kier alpha value is -2.22. The van der Waals surface area contributed by atoms with E-state index in [2.05, 4.69) is 70.0 Å². The van der Waals surface area contributed by atoms with Gasteiger partial charge in [0, 0.05) is 43.2 Å². The van der Waals surface area contributed by atoms with Gasteiger partial charge in [-0.1, -0.05) is 44.2 Å². The van der Waals surface area contributed by atoms with Gasteiger partial charge in [0.2, 0.25) is 5.95 Å². The van der Waals surface area contributed by atoms with Gasteiger partial charge in [-0.15, -0.1) is 11.3 Å². The van der Waals surface area contributed by atoms with Crippen LogP contribution in [0.1, 0.15) is 39.5 Å². The van der Waals surface area contributed by atoms with Crippen molar-refractivity contribution in [2.24, 2.45) is 5.92 Å². The molecule has 5 rings (SSSR count). The van der Waals surface area contributed by atoms with E-state index in [9.17, 15) is 0 Å². The van der Waals surface area contributed by atoms with Crippen molar-refractivity contribution in [3.63, 3.8) is 0 Å². The van der Waals surface area contributed by atoms with E-state index >= 15 is 0 Å². The summed E-state index contributed by atoms with van der Waals surface area (Å²) in [5, 5.41) is 10.6. The summed E-state index contributed by atoms with van der Waals surface area (Å²) in [6.45, 7) is 12.1. The third kappa shape index (κ3) is 5.53. The normalized spacial score (nSPS) is 17.8. The zero-order valence-corrected chi connectivity index (χ0v) is 21.4. The van der Waals surface area contributed by atoms with Gasteiger partial charge in [-0.05, 0) is 56.8 Å². The highest BCUT2D eigenvalue weighted by Gasteiger charge is 2.25. The molecular weight excluding hydrogens is 440 g/mol. The number of thiophene rings is 1. The minimum Gasteiger partial charge on any atom is -0.356 e. The molecular formula is C27H38N6S. The Morgan fingerprint density at radius 3 is 2.53 bits per heavy atom. The van der Waals surface area contributed by atoms with Gasteiger partial charge in [-0.25, -0.2) is 4.98 Å². The van der Waals surface area contributed by atoms with Gasteiger partial charge in [0.15, 0.2) is 0 Å². The fraction of sp³-hybridized carbons (Fsp3) is 0.556. The summed E-state index contributed by atoms with van der Waals surface area (Å²) in [5.41, 5.74) is 2.49. The predicted octanol–water partition coefficient (Wildman–Crippen LogP) is 5.08. The Morgan fingerprint density at radius 1 is 1.03 bits per heavy atom. The molecule has 3 aromatic rings. The van der Waals surface area contributed by atoms with E-state index in [0.717, 1.165) is 55.2 Å². The Balaban J connectivity index is 1.39. The molecule has 0 unspecified atom stereocenters. The summed E-state index contributed by atoms with van der Waals surface area (Å²) in [6.07, 6.45) is 5.06. The number of aromatic nitrogens is 2. The van der Waals surface area contributed by atoms with Crippen LogP contribution in [0.5, 0.6) is 0 Å². The standard InChI is InChI=1S/C27H38N6S/c1-20(2)29-18-21-10-15-33(16-11-21)25-24-23(22-8-4-3-5-9-22)19-34-26(24)31-27(30-25)28-12-17-32-13-6-7-14-32/h3-5,8-9,19-21,29H,6-7,10-18H2,1-2H3,(H,28,30,31). The predicted molar refractivity (Wildman–Crippen MR) is 145 cm³/mol. The lowest BCUT2D eigenvalue weighted by Gasteiger charge is -2.34. The van der Waals surface area contributed by atoms with Gasteiger partial charge < -0.3 is 20.4 Å². The second-order valence-electron chi connectivity index (χ2n) is 10.0. The number of hydrogen-bond acceptors (Lipinski definition) is 7. The summed E-state index contributed by atoms with van der Waals surface area (Å²) < 4.78 is 0. The Bertz CT molecular complexity index is 1050. The van der Waals surface area contributed by atoms with Crippen molar-refractivity contribution in [1.29, 1.82) is 0 Å². The van der Waals surface area contributed by atoms with Crippen LogP contribution in [0.25, 0.3) is 21.3 Å². The molecule has 0 saturated carbocycles. The number of anilines is 2. The summed E-state index contributed by atoms with van der Waals surface area (Å²) in [5.74, 6) is 2.61. The van der Waals surface area contributed by atoms with E-state index < -0.39 is 0 Å². The van der Waals surface area contributed by atoms with E-state index in [1.807, 2.05) is 0 Å². The van der Waals surface area contributed by atoms with Crippen LogP contribution in [0, 0.1) is 5.92 Å². The lowest BCUT2D eigenvalue weighted by molar-refractivity contribution is 0.352. The van der Waals surface area contributed by atoms with Crippen molar-refractivity contribution < 1.29 is 0 Å². The Kier molecular flexibility index (Phi) is 7.62. The van der Waals surface area contributed by atoms with Gasteiger partial charge in [-0.3, -0.25) is 0 Å². The lowest BCUT2D eigenvalue weighted by Crippen LogP contribution is -2.39. The lowest BCUT2D eigenvalue weighted by atomic mass is 9.96. The average Bonchev–Trinajstić information content (AvgIpc) is 3.53. The molecule has 0 radical (unpaired) electrons. The van der Waals surface area contributed by atoms with Crippen LogP contribution < -0.4 is 15.5 Å². The van der Waals surface area contributed by atoms with Gasteiger partial charge in [0.25, 0.3) is 0 Å². The Morgan fingerprint density at radius 2 is 1.79 bits per heavy atom. The molecule has 2 saturated heterocycles. The van der Waals surface area contributed by atoms with Gasteiger partial charge in [0.1, 0.15) is 10.6 Å². The third-order valence-corrected chi connectivity index (χ3v) is 8.01. The quantitative estimate of drug-likeness (QED) is 0.447. The zero-order valence-electron chi connectivity index (χ0n) is 20.6. The van der Waals surface area contributed by atoms with Crippen molar-refractivity contribution in [3.05, 3.63) is 35.7 Å². The molecule has 0 atom stereocenters. The highest BCUT2D eigenvalue weighted by Crippen LogP contribution is 2.39. The second-order valence-corrected chi connectivity index (χ2v) is 10.9. The molecule has 2 aromatic heterocycles. The molecule has 2 aliphatic rings. The fourth-order valence-corrected chi connectivity index (χ4v) is 6.09. The molecule has 0 spiro atoms. The van der Waals surface area contributed by atoms with Gasteiger partial charge in [-0.2, -0.15) is 4.98 Å². The number of likely N-dealkylation sites (tertiary alicyclic amines) is 1. The maximum absolute atomic E-state index is 5.12. The SMILES string of the molecule is CC(C)NCC1CCN(c2nc(NCCN3CCCC3)nc3scc(-c4ccccc4)c23)CC1. The van der Waals surface area contributed by atoms with Crippen LogP contribution in [0.2, 0.25) is 0 Å². The summed E-state index contributed by atoms with van der Waals surface area (Å²) >= 11 is 1.73. The third-order valence-electron chi connectivity index (χ3n) is 7.14. The molecule has 0 amide bonds. The maximum atomic E-state index is 5.12. The number of rotatable bonds is 9. The first kappa shape index (κ1) is 23.5. The first-order valence-electron chi connectivity index (χ1n) is 13.0. The molecule has 2 fully saturated rings. The Labute approximate surface area is 207 Å². The second kappa shape index (κ2) is 11.0. The number of benzene rings is 1. The van der Waals surface area contributed by atoms with Crippen LogP contribution in [0.4, 0.5) is 11.8 Å².